The molecular formula is C21H28N4O4S. The molecule has 1 aromatic rings. The molecular weight excluding hydrogens is 404 g/mol. The fourth-order valence-electron chi connectivity index (χ4n) is 3.57. The van der Waals surface area contributed by atoms with Crippen molar-refractivity contribution in [1.29, 1.82) is 0 Å². The number of amides is 1. The number of aliphatic carboxylic acids is 1. The number of amidine groups is 1. The summed E-state index contributed by atoms with van der Waals surface area (Å²) in [6.45, 7) is 6.33. The summed E-state index contributed by atoms with van der Waals surface area (Å²) >= 11 is 1.08. The molecule has 9 heteroatoms. The average Bonchev–Trinajstić information content (AvgIpc) is 3.05. The molecule has 2 N–H and O–H groups in total. The number of thioether (sulfide) groups is 1. The molecule has 2 aliphatic heterocycles. The number of rotatable bonds is 9. The second kappa shape index (κ2) is 11.1. The number of ether oxygens (including phenoxy) is 1. The third-order valence-corrected chi connectivity index (χ3v) is 6.09. The molecule has 8 nitrogen and oxygen atoms in total. The van der Waals surface area contributed by atoms with E-state index in [1.165, 1.54) is 25.9 Å². The SMILES string of the molecule is CC1CCCN(CCCOc2ccccc2C=NN=C2NC(=O)C(CC(=O)O)S2)C1. The van der Waals surface area contributed by atoms with Gasteiger partial charge < -0.3 is 20.1 Å². The molecule has 162 valence electrons. The minimum atomic E-state index is -1.02. The number of benzene rings is 1. The van der Waals surface area contributed by atoms with E-state index in [1.54, 1.807) is 6.21 Å². The van der Waals surface area contributed by atoms with Gasteiger partial charge in [-0.3, -0.25) is 9.59 Å². The van der Waals surface area contributed by atoms with Crippen LogP contribution in [0, 0.1) is 5.92 Å². The van der Waals surface area contributed by atoms with Gasteiger partial charge in [0.15, 0.2) is 5.17 Å². The summed E-state index contributed by atoms with van der Waals surface area (Å²) < 4.78 is 5.95. The molecule has 2 heterocycles. The summed E-state index contributed by atoms with van der Waals surface area (Å²) in [5.74, 6) is 0.136. The van der Waals surface area contributed by atoms with E-state index in [2.05, 4.69) is 27.3 Å². The van der Waals surface area contributed by atoms with Crippen LogP contribution in [0.25, 0.3) is 0 Å². The smallest absolute Gasteiger partial charge is 0.305 e. The first-order chi connectivity index (χ1) is 14.5. The summed E-state index contributed by atoms with van der Waals surface area (Å²) in [6, 6.07) is 7.59. The first kappa shape index (κ1) is 22.3. The lowest BCUT2D eigenvalue weighted by Gasteiger charge is -2.30. The summed E-state index contributed by atoms with van der Waals surface area (Å²) in [5, 5.41) is 19.0. The number of carboxylic acid groups (broad SMARTS) is 1. The number of carbonyl (C=O) groups excluding carboxylic acids is 1. The van der Waals surface area contributed by atoms with Crippen molar-refractivity contribution in [2.24, 2.45) is 16.1 Å². The van der Waals surface area contributed by atoms with Crippen LogP contribution in [0.4, 0.5) is 0 Å². The van der Waals surface area contributed by atoms with Crippen molar-refractivity contribution in [2.45, 2.75) is 37.9 Å². The van der Waals surface area contributed by atoms with Crippen molar-refractivity contribution < 1.29 is 19.4 Å². The first-order valence-corrected chi connectivity index (χ1v) is 11.1. The molecule has 1 aromatic carbocycles. The maximum absolute atomic E-state index is 11.7. The van der Waals surface area contributed by atoms with Crippen molar-refractivity contribution in [3.63, 3.8) is 0 Å². The van der Waals surface area contributed by atoms with Crippen LogP contribution in [0.5, 0.6) is 5.75 Å². The normalized spacial score (nSPS) is 23.8. The summed E-state index contributed by atoms with van der Waals surface area (Å²) in [5.41, 5.74) is 0.796. The number of nitrogens with zero attached hydrogens (tertiary/aromatic N) is 3. The van der Waals surface area contributed by atoms with E-state index in [-0.39, 0.29) is 12.3 Å². The number of piperidine rings is 1. The number of hydrogen-bond donors (Lipinski definition) is 2. The van der Waals surface area contributed by atoms with Crippen LogP contribution in [0.2, 0.25) is 0 Å². The molecule has 0 radical (unpaired) electrons. The Balaban J connectivity index is 1.49. The highest BCUT2D eigenvalue weighted by atomic mass is 32.2. The van der Waals surface area contributed by atoms with Gasteiger partial charge in [0.1, 0.15) is 11.0 Å². The zero-order valence-corrected chi connectivity index (χ0v) is 17.9. The monoisotopic (exact) mass is 432 g/mol. The quantitative estimate of drug-likeness (QED) is 0.353. The Morgan fingerprint density at radius 3 is 3.07 bits per heavy atom. The lowest BCUT2D eigenvalue weighted by atomic mass is 10.0. The van der Waals surface area contributed by atoms with E-state index in [1.807, 2.05) is 24.3 Å². The minimum absolute atomic E-state index is 0.244. The number of carboxylic acids is 1. The third kappa shape index (κ3) is 6.84. The molecule has 2 atom stereocenters. The number of nitrogens with one attached hydrogen (secondary N) is 1. The van der Waals surface area contributed by atoms with Crippen LogP contribution in [-0.2, 0) is 9.59 Å². The molecule has 2 fully saturated rings. The Morgan fingerprint density at radius 2 is 2.27 bits per heavy atom. The maximum atomic E-state index is 11.7. The van der Waals surface area contributed by atoms with Gasteiger partial charge in [0.2, 0.25) is 5.91 Å². The highest BCUT2D eigenvalue weighted by molar-refractivity contribution is 8.15. The summed E-state index contributed by atoms with van der Waals surface area (Å²) in [7, 11) is 0. The second-order valence-corrected chi connectivity index (χ2v) is 8.82. The predicted molar refractivity (Wildman–Crippen MR) is 118 cm³/mol. The fourth-order valence-corrected chi connectivity index (χ4v) is 4.48. The molecule has 0 aromatic heterocycles. The average molecular weight is 433 g/mol. The van der Waals surface area contributed by atoms with Crippen LogP contribution in [-0.4, -0.2) is 64.8 Å². The van der Waals surface area contributed by atoms with Gasteiger partial charge in [-0.15, -0.1) is 5.10 Å². The van der Waals surface area contributed by atoms with Gasteiger partial charge in [-0.1, -0.05) is 30.8 Å². The Bertz CT molecular complexity index is 814. The van der Waals surface area contributed by atoms with Gasteiger partial charge in [-0.2, -0.15) is 5.10 Å². The van der Waals surface area contributed by atoms with Crippen LogP contribution >= 0.6 is 11.8 Å². The fraction of sp³-hybridized carbons (Fsp3) is 0.524. The Kier molecular flexibility index (Phi) is 8.27. The predicted octanol–water partition coefficient (Wildman–Crippen LogP) is 2.58. The zero-order valence-electron chi connectivity index (χ0n) is 17.1. The molecule has 2 unspecified atom stereocenters. The van der Waals surface area contributed by atoms with Gasteiger partial charge in [0.25, 0.3) is 0 Å². The standard InChI is InChI=1S/C21H28N4O4S/c1-15-6-4-9-25(14-15)10-5-11-29-17-8-3-2-7-16(17)13-22-24-21-23-20(28)18(30-21)12-19(26)27/h2-3,7-8,13,15,18H,4-6,9-12,14H2,1H3,(H,26,27)(H,23,24,28). The van der Waals surface area contributed by atoms with Gasteiger partial charge >= 0.3 is 5.97 Å². The van der Waals surface area contributed by atoms with Gasteiger partial charge in [0, 0.05) is 18.7 Å². The van der Waals surface area contributed by atoms with Crippen molar-refractivity contribution in [3.8, 4) is 5.75 Å². The van der Waals surface area contributed by atoms with E-state index in [0.717, 1.165) is 42.0 Å². The van der Waals surface area contributed by atoms with Crippen LogP contribution in [0.1, 0.15) is 38.2 Å². The molecule has 3 rings (SSSR count). The number of para-hydroxylation sites is 1. The van der Waals surface area contributed by atoms with E-state index < -0.39 is 11.2 Å². The van der Waals surface area contributed by atoms with Crippen molar-refractivity contribution in [2.75, 3.05) is 26.2 Å². The Labute approximate surface area is 180 Å². The van der Waals surface area contributed by atoms with Crippen LogP contribution in [0.15, 0.2) is 34.5 Å². The molecule has 0 saturated carbocycles. The van der Waals surface area contributed by atoms with E-state index >= 15 is 0 Å². The second-order valence-electron chi connectivity index (χ2n) is 7.63. The summed E-state index contributed by atoms with van der Waals surface area (Å²) in [4.78, 5) is 25.0. The van der Waals surface area contributed by atoms with Crippen molar-refractivity contribution in [1.82, 2.24) is 10.2 Å². The van der Waals surface area contributed by atoms with Crippen LogP contribution < -0.4 is 10.1 Å². The lowest BCUT2D eigenvalue weighted by molar-refractivity contribution is -0.138. The topological polar surface area (TPSA) is 104 Å². The number of likely N-dealkylation sites (tertiary alicyclic amines) is 1. The van der Waals surface area contributed by atoms with Gasteiger partial charge in [-0.25, -0.2) is 0 Å². The highest BCUT2D eigenvalue weighted by Crippen LogP contribution is 2.22. The van der Waals surface area contributed by atoms with E-state index in [4.69, 9.17) is 9.84 Å². The molecule has 30 heavy (non-hydrogen) atoms. The summed E-state index contributed by atoms with van der Waals surface area (Å²) in [6.07, 6.45) is 4.90. The molecule has 0 spiro atoms. The molecule has 1 amide bonds. The zero-order chi connectivity index (χ0) is 21.3. The molecule has 2 saturated heterocycles. The van der Waals surface area contributed by atoms with E-state index in [9.17, 15) is 9.59 Å². The lowest BCUT2D eigenvalue weighted by Crippen LogP contribution is -2.35. The maximum Gasteiger partial charge on any atom is 0.305 e. The van der Waals surface area contributed by atoms with Crippen molar-refractivity contribution in [3.05, 3.63) is 29.8 Å². The Morgan fingerprint density at radius 1 is 1.43 bits per heavy atom. The number of hydrogen-bond acceptors (Lipinski definition) is 7. The minimum Gasteiger partial charge on any atom is -0.493 e. The first-order valence-electron chi connectivity index (χ1n) is 10.3. The van der Waals surface area contributed by atoms with E-state index in [0.29, 0.717) is 11.8 Å². The van der Waals surface area contributed by atoms with Gasteiger partial charge in [0.05, 0.1) is 19.2 Å². The van der Waals surface area contributed by atoms with Gasteiger partial charge in [-0.05, 0) is 43.9 Å². The molecule has 0 aliphatic carbocycles. The number of carbonyl (C=O) groups is 2. The van der Waals surface area contributed by atoms with Crippen LogP contribution in [0.3, 0.4) is 0 Å². The third-order valence-electron chi connectivity index (χ3n) is 5.02. The molecule has 2 aliphatic rings. The van der Waals surface area contributed by atoms with Crippen molar-refractivity contribution >= 4 is 35.0 Å². The highest BCUT2D eigenvalue weighted by Gasteiger charge is 2.32. The molecule has 0 bridgehead atoms. The largest absolute Gasteiger partial charge is 0.493 e. The Hall–Kier alpha value is -2.39.